The lowest BCUT2D eigenvalue weighted by Crippen LogP contribution is -2.43. The van der Waals surface area contributed by atoms with Crippen LogP contribution in [-0.2, 0) is 6.54 Å². The van der Waals surface area contributed by atoms with Crippen LogP contribution >= 0.6 is 0 Å². The van der Waals surface area contributed by atoms with Gasteiger partial charge in [0.2, 0.25) is 0 Å². The summed E-state index contributed by atoms with van der Waals surface area (Å²) < 4.78 is 0. The van der Waals surface area contributed by atoms with Gasteiger partial charge in [0, 0.05) is 44.5 Å². The molecule has 0 spiro atoms. The fourth-order valence-corrected chi connectivity index (χ4v) is 3.86. The van der Waals surface area contributed by atoms with Gasteiger partial charge < -0.3 is 10.2 Å². The van der Waals surface area contributed by atoms with E-state index in [1.54, 1.807) is 0 Å². The number of hydrogen-bond acceptors (Lipinski definition) is 3. The number of benzene rings is 1. The van der Waals surface area contributed by atoms with Crippen LogP contribution in [0.3, 0.4) is 0 Å². The van der Waals surface area contributed by atoms with Gasteiger partial charge in [-0.3, -0.25) is 14.9 Å². The number of pyridine rings is 1. The first-order valence-corrected chi connectivity index (χ1v) is 9.95. The molecule has 1 saturated heterocycles. The number of aromatic nitrogens is 1. The maximum atomic E-state index is 4.51. The highest BCUT2D eigenvalue weighted by atomic mass is 15.3. The smallest absolute Gasteiger partial charge is 0.193 e. The Morgan fingerprint density at radius 2 is 2.07 bits per heavy atom. The highest BCUT2D eigenvalue weighted by molar-refractivity contribution is 5.80. The number of aliphatic imine (C=N–C) groups is 1. The summed E-state index contributed by atoms with van der Waals surface area (Å²) in [6, 6.07) is 15.2. The summed E-state index contributed by atoms with van der Waals surface area (Å²) in [6.07, 6.45) is 3.04. The van der Waals surface area contributed by atoms with Crippen molar-refractivity contribution in [1.29, 1.82) is 0 Å². The zero-order valence-electron chi connectivity index (χ0n) is 16.7. The molecule has 1 aliphatic heterocycles. The van der Waals surface area contributed by atoms with Crippen LogP contribution in [0.15, 0.2) is 53.7 Å². The van der Waals surface area contributed by atoms with Gasteiger partial charge >= 0.3 is 0 Å². The summed E-state index contributed by atoms with van der Waals surface area (Å²) >= 11 is 0. The molecule has 0 saturated carbocycles. The summed E-state index contributed by atoms with van der Waals surface area (Å²) in [5.74, 6) is 0.993. The van der Waals surface area contributed by atoms with Gasteiger partial charge in [0.25, 0.3) is 0 Å². The van der Waals surface area contributed by atoms with Crippen molar-refractivity contribution in [1.82, 2.24) is 20.1 Å². The van der Waals surface area contributed by atoms with Crippen LogP contribution in [0.4, 0.5) is 0 Å². The summed E-state index contributed by atoms with van der Waals surface area (Å²) in [7, 11) is 1.87. The largest absolute Gasteiger partial charge is 0.352 e. The maximum absolute atomic E-state index is 4.51. The molecule has 1 N–H and O–H groups in total. The molecule has 1 aliphatic rings. The van der Waals surface area contributed by atoms with Gasteiger partial charge in [0.05, 0.1) is 5.69 Å². The Morgan fingerprint density at radius 3 is 2.78 bits per heavy atom. The molecule has 1 aromatic heterocycles. The van der Waals surface area contributed by atoms with Crippen molar-refractivity contribution < 1.29 is 0 Å². The fraction of sp³-hybridized carbons (Fsp3) is 0.455. The molecule has 0 radical (unpaired) electrons. The summed E-state index contributed by atoms with van der Waals surface area (Å²) in [5, 5.41) is 3.54. The Morgan fingerprint density at radius 1 is 1.22 bits per heavy atom. The van der Waals surface area contributed by atoms with Crippen molar-refractivity contribution in [3.05, 3.63) is 54.2 Å². The van der Waals surface area contributed by atoms with Crippen molar-refractivity contribution >= 4 is 5.96 Å². The van der Waals surface area contributed by atoms with Crippen LogP contribution in [-0.4, -0.2) is 60.0 Å². The number of likely N-dealkylation sites (tertiary alicyclic amines) is 1. The fourth-order valence-electron chi connectivity index (χ4n) is 3.86. The maximum Gasteiger partial charge on any atom is 0.193 e. The van der Waals surface area contributed by atoms with Gasteiger partial charge in [-0.15, -0.1) is 0 Å². The average Bonchev–Trinajstić information content (AvgIpc) is 3.20. The first-order valence-electron chi connectivity index (χ1n) is 9.95. The number of hydrogen-bond donors (Lipinski definition) is 1. The predicted molar refractivity (Wildman–Crippen MR) is 113 cm³/mol. The minimum absolute atomic E-state index is 0.631. The Balaban J connectivity index is 1.61. The van der Waals surface area contributed by atoms with Crippen molar-refractivity contribution in [2.75, 3.05) is 33.2 Å². The Labute approximate surface area is 163 Å². The second kappa shape index (κ2) is 9.51. The molecular weight excluding hydrogens is 334 g/mol. The molecule has 27 heavy (non-hydrogen) atoms. The summed E-state index contributed by atoms with van der Waals surface area (Å²) in [4.78, 5) is 13.9. The van der Waals surface area contributed by atoms with Crippen LogP contribution < -0.4 is 5.32 Å². The van der Waals surface area contributed by atoms with Gasteiger partial charge in [0.1, 0.15) is 0 Å². The van der Waals surface area contributed by atoms with E-state index >= 15 is 0 Å². The number of guanidine groups is 1. The molecule has 0 bridgehead atoms. The second-order valence-corrected chi connectivity index (χ2v) is 6.93. The van der Waals surface area contributed by atoms with Crippen LogP contribution in [0.2, 0.25) is 0 Å². The first-order chi connectivity index (χ1) is 13.2. The van der Waals surface area contributed by atoms with E-state index in [1.165, 1.54) is 12.0 Å². The van der Waals surface area contributed by atoms with Crippen LogP contribution in [0.25, 0.3) is 11.3 Å². The van der Waals surface area contributed by atoms with E-state index in [-0.39, 0.29) is 0 Å². The van der Waals surface area contributed by atoms with Gasteiger partial charge in [0.15, 0.2) is 5.96 Å². The van der Waals surface area contributed by atoms with Crippen molar-refractivity contribution in [3.63, 3.8) is 0 Å². The van der Waals surface area contributed by atoms with Gasteiger partial charge in [-0.05, 0) is 43.3 Å². The van der Waals surface area contributed by atoms with Crippen molar-refractivity contribution in [2.24, 2.45) is 4.99 Å². The Kier molecular flexibility index (Phi) is 6.82. The SMILES string of the molecule is CCN(CC)C1CCN(C(=NC)NCc2cccc(-c3ccccn3)c2)C1. The third-order valence-corrected chi connectivity index (χ3v) is 5.34. The zero-order chi connectivity index (χ0) is 19.1. The third-order valence-electron chi connectivity index (χ3n) is 5.34. The molecular formula is C22H31N5. The third kappa shape index (κ3) is 4.86. The Bertz CT molecular complexity index is 739. The van der Waals surface area contributed by atoms with E-state index in [4.69, 9.17) is 0 Å². The normalized spacial score (nSPS) is 17.6. The predicted octanol–water partition coefficient (Wildman–Crippen LogP) is 3.24. The zero-order valence-corrected chi connectivity index (χ0v) is 16.7. The molecule has 2 aromatic rings. The lowest BCUT2D eigenvalue weighted by atomic mass is 10.1. The highest BCUT2D eigenvalue weighted by Gasteiger charge is 2.27. The second-order valence-electron chi connectivity index (χ2n) is 6.93. The molecule has 0 aliphatic carbocycles. The monoisotopic (exact) mass is 365 g/mol. The molecule has 1 aromatic carbocycles. The van der Waals surface area contributed by atoms with E-state index in [2.05, 4.69) is 63.2 Å². The van der Waals surface area contributed by atoms with Crippen LogP contribution in [0, 0.1) is 0 Å². The van der Waals surface area contributed by atoms with Crippen LogP contribution in [0.5, 0.6) is 0 Å². The van der Waals surface area contributed by atoms with Crippen molar-refractivity contribution in [3.8, 4) is 11.3 Å². The molecule has 0 amide bonds. The lowest BCUT2D eigenvalue weighted by Gasteiger charge is -2.27. The molecule has 2 heterocycles. The van der Waals surface area contributed by atoms with Gasteiger partial charge in [-0.25, -0.2) is 0 Å². The van der Waals surface area contributed by atoms with Gasteiger partial charge in [-0.2, -0.15) is 0 Å². The van der Waals surface area contributed by atoms with E-state index in [0.717, 1.165) is 49.9 Å². The highest BCUT2D eigenvalue weighted by Crippen LogP contribution is 2.18. The average molecular weight is 366 g/mol. The number of nitrogens with zero attached hydrogens (tertiary/aromatic N) is 4. The van der Waals surface area contributed by atoms with E-state index in [1.807, 2.05) is 31.4 Å². The number of nitrogens with one attached hydrogen (secondary N) is 1. The topological polar surface area (TPSA) is 43.8 Å². The minimum Gasteiger partial charge on any atom is -0.352 e. The van der Waals surface area contributed by atoms with Crippen molar-refractivity contribution in [2.45, 2.75) is 32.9 Å². The lowest BCUT2D eigenvalue weighted by molar-refractivity contribution is 0.223. The molecule has 1 unspecified atom stereocenters. The van der Waals surface area contributed by atoms with Crippen LogP contribution in [0.1, 0.15) is 25.8 Å². The van der Waals surface area contributed by atoms with E-state index < -0.39 is 0 Å². The quantitative estimate of drug-likeness (QED) is 0.630. The van der Waals surface area contributed by atoms with Gasteiger partial charge in [-0.1, -0.05) is 38.1 Å². The molecule has 1 fully saturated rings. The van der Waals surface area contributed by atoms with E-state index in [9.17, 15) is 0 Å². The first kappa shape index (κ1) is 19.4. The molecule has 1 atom stereocenters. The number of rotatable bonds is 6. The summed E-state index contributed by atoms with van der Waals surface area (Å²) in [5.41, 5.74) is 3.39. The molecule has 144 valence electrons. The minimum atomic E-state index is 0.631. The molecule has 3 rings (SSSR count). The standard InChI is InChI=1S/C22H31N5/c1-4-26(5-2)20-12-14-27(17-20)22(23-3)25-16-18-9-8-10-19(15-18)21-11-6-7-13-24-21/h6-11,13,15,20H,4-5,12,14,16-17H2,1-3H3,(H,23,25). The van der Waals surface area contributed by atoms with E-state index in [0.29, 0.717) is 6.04 Å². The Hall–Kier alpha value is -2.40. The molecule has 5 nitrogen and oxygen atoms in total. The molecule has 5 heteroatoms. The number of likely N-dealkylation sites (N-methyl/N-ethyl adjacent to an activating group) is 1. The summed E-state index contributed by atoms with van der Waals surface area (Å²) in [6.45, 7) is 9.59.